The summed E-state index contributed by atoms with van der Waals surface area (Å²) in [6.07, 6.45) is 3.59. The molecule has 150 valence electrons. The number of amides is 1. The summed E-state index contributed by atoms with van der Waals surface area (Å²) in [4.78, 5) is 21.7. The average Bonchev–Trinajstić information content (AvgIpc) is 3.36. The van der Waals surface area contributed by atoms with E-state index in [0.717, 1.165) is 44.2 Å². The molecule has 0 bridgehead atoms. The van der Waals surface area contributed by atoms with E-state index in [0.29, 0.717) is 19.0 Å². The zero-order valence-electron chi connectivity index (χ0n) is 16.1. The molecule has 2 fully saturated rings. The molecule has 0 unspecified atom stereocenters. The van der Waals surface area contributed by atoms with Crippen molar-refractivity contribution in [2.45, 2.75) is 6.54 Å². The van der Waals surface area contributed by atoms with E-state index in [2.05, 4.69) is 9.88 Å². The maximum atomic E-state index is 13.0. The summed E-state index contributed by atoms with van der Waals surface area (Å²) in [6.45, 7) is 6.03. The second-order valence-electron chi connectivity index (χ2n) is 7.66. The average molecular weight is 384 g/mol. The number of benzene rings is 1. The van der Waals surface area contributed by atoms with Gasteiger partial charge in [0.2, 0.25) is 5.91 Å². The van der Waals surface area contributed by atoms with Crippen LogP contribution in [0.25, 0.3) is 11.4 Å². The van der Waals surface area contributed by atoms with Crippen molar-refractivity contribution >= 4 is 5.91 Å². The van der Waals surface area contributed by atoms with E-state index < -0.39 is 0 Å². The van der Waals surface area contributed by atoms with E-state index >= 15 is 0 Å². The van der Waals surface area contributed by atoms with Crippen molar-refractivity contribution in [2.75, 3.05) is 52.5 Å². The number of morpholine rings is 1. The first-order chi connectivity index (χ1) is 13.7. The van der Waals surface area contributed by atoms with Gasteiger partial charge >= 0.3 is 0 Å². The number of aliphatic hydroxyl groups is 1. The normalized spacial score (nSPS) is 23.2. The Bertz CT molecular complexity index is 773. The first kappa shape index (κ1) is 19.1. The highest BCUT2D eigenvalue weighted by molar-refractivity contribution is 5.77. The van der Waals surface area contributed by atoms with Crippen LogP contribution in [0.1, 0.15) is 0 Å². The van der Waals surface area contributed by atoms with Crippen LogP contribution in [0.5, 0.6) is 0 Å². The van der Waals surface area contributed by atoms with Gasteiger partial charge in [-0.1, -0.05) is 30.3 Å². The van der Waals surface area contributed by atoms with Gasteiger partial charge < -0.3 is 19.3 Å². The highest BCUT2D eigenvalue weighted by Crippen LogP contribution is 2.25. The van der Waals surface area contributed by atoms with E-state index in [1.807, 2.05) is 46.0 Å². The number of carbonyl (C=O) groups is 1. The van der Waals surface area contributed by atoms with Crippen molar-refractivity contribution in [1.29, 1.82) is 0 Å². The molecular weight excluding hydrogens is 356 g/mol. The topological polar surface area (TPSA) is 70.8 Å². The van der Waals surface area contributed by atoms with Crippen LogP contribution in [-0.4, -0.2) is 82.9 Å². The Balaban J connectivity index is 1.39. The van der Waals surface area contributed by atoms with Crippen LogP contribution in [0.4, 0.5) is 0 Å². The summed E-state index contributed by atoms with van der Waals surface area (Å²) in [5.41, 5.74) is 1.00. The van der Waals surface area contributed by atoms with Gasteiger partial charge in [0.15, 0.2) is 0 Å². The predicted octanol–water partition coefficient (Wildman–Crippen LogP) is 0.949. The van der Waals surface area contributed by atoms with Crippen LogP contribution < -0.4 is 0 Å². The highest BCUT2D eigenvalue weighted by Gasteiger charge is 2.36. The van der Waals surface area contributed by atoms with Crippen molar-refractivity contribution in [2.24, 2.45) is 11.8 Å². The second kappa shape index (κ2) is 8.86. The van der Waals surface area contributed by atoms with E-state index in [1.165, 1.54) is 0 Å². The van der Waals surface area contributed by atoms with Crippen LogP contribution >= 0.6 is 0 Å². The number of hydrogen-bond acceptors (Lipinski definition) is 5. The molecule has 4 rings (SSSR count). The van der Waals surface area contributed by atoms with Crippen molar-refractivity contribution in [1.82, 2.24) is 19.4 Å². The minimum Gasteiger partial charge on any atom is -0.396 e. The van der Waals surface area contributed by atoms with Crippen LogP contribution in [0.3, 0.4) is 0 Å². The molecule has 7 nitrogen and oxygen atoms in total. The van der Waals surface area contributed by atoms with Crippen molar-refractivity contribution in [3.8, 4) is 11.4 Å². The maximum Gasteiger partial charge on any atom is 0.242 e. The molecule has 0 radical (unpaired) electrons. The SMILES string of the molecule is O=C(Cn1ccnc1-c1ccccc1)N1C[C@@H](CN2CCOCC2)[C@@H](CO)C1. The van der Waals surface area contributed by atoms with Crippen molar-refractivity contribution in [3.05, 3.63) is 42.7 Å². The summed E-state index contributed by atoms with van der Waals surface area (Å²) < 4.78 is 7.32. The molecule has 2 atom stereocenters. The van der Waals surface area contributed by atoms with Gasteiger partial charge in [-0.2, -0.15) is 0 Å². The molecule has 7 heteroatoms. The van der Waals surface area contributed by atoms with Crippen LogP contribution in [0.15, 0.2) is 42.7 Å². The number of likely N-dealkylation sites (tertiary alicyclic amines) is 1. The number of hydrogen-bond donors (Lipinski definition) is 1. The van der Waals surface area contributed by atoms with Gasteiger partial charge in [0, 0.05) is 63.2 Å². The smallest absolute Gasteiger partial charge is 0.242 e. The van der Waals surface area contributed by atoms with Gasteiger partial charge in [-0.15, -0.1) is 0 Å². The number of nitrogens with zero attached hydrogens (tertiary/aromatic N) is 4. The summed E-state index contributed by atoms with van der Waals surface area (Å²) in [7, 11) is 0. The zero-order valence-corrected chi connectivity index (χ0v) is 16.1. The summed E-state index contributed by atoms with van der Waals surface area (Å²) in [5.74, 6) is 1.33. The predicted molar refractivity (Wildman–Crippen MR) is 106 cm³/mol. The molecular formula is C21H28N4O3. The molecule has 1 N–H and O–H groups in total. The third kappa shape index (κ3) is 4.27. The highest BCUT2D eigenvalue weighted by atomic mass is 16.5. The van der Waals surface area contributed by atoms with E-state index in [9.17, 15) is 9.90 Å². The monoisotopic (exact) mass is 384 g/mol. The first-order valence-electron chi connectivity index (χ1n) is 10.00. The molecule has 1 aromatic carbocycles. The van der Waals surface area contributed by atoms with Gasteiger partial charge in [0.25, 0.3) is 0 Å². The molecule has 2 saturated heterocycles. The largest absolute Gasteiger partial charge is 0.396 e. The number of ether oxygens (including phenoxy) is 1. The molecule has 0 aliphatic carbocycles. The molecule has 0 saturated carbocycles. The van der Waals surface area contributed by atoms with Crippen molar-refractivity contribution in [3.63, 3.8) is 0 Å². The third-order valence-corrected chi connectivity index (χ3v) is 5.81. The fourth-order valence-electron chi connectivity index (χ4n) is 4.20. The minimum absolute atomic E-state index is 0.0816. The van der Waals surface area contributed by atoms with Crippen LogP contribution in [0, 0.1) is 11.8 Å². The molecule has 1 amide bonds. The van der Waals surface area contributed by atoms with Crippen LogP contribution in [-0.2, 0) is 16.1 Å². The van der Waals surface area contributed by atoms with Gasteiger partial charge in [-0.3, -0.25) is 9.69 Å². The fraction of sp³-hybridized carbons (Fsp3) is 0.524. The lowest BCUT2D eigenvalue weighted by atomic mass is 9.96. The molecule has 0 spiro atoms. The molecule has 2 aliphatic rings. The van der Waals surface area contributed by atoms with Crippen molar-refractivity contribution < 1.29 is 14.6 Å². The molecule has 1 aromatic heterocycles. The number of aromatic nitrogens is 2. The Morgan fingerprint density at radius 2 is 1.89 bits per heavy atom. The lowest BCUT2D eigenvalue weighted by molar-refractivity contribution is -0.131. The minimum atomic E-state index is 0.0816. The standard InChI is InChI=1S/C21H28N4O3/c26-16-19-14-25(13-18(19)12-23-8-10-28-11-9-23)20(27)15-24-7-6-22-21(24)17-4-2-1-3-5-17/h1-7,18-19,26H,8-16H2/t18-,19-/m1/s1. The zero-order chi connectivity index (χ0) is 19.3. The molecule has 28 heavy (non-hydrogen) atoms. The number of aliphatic hydroxyl groups excluding tert-OH is 1. The first-order valence-corrected chi connectivity index (χ1v) is 10.00. The fourth-order valence-corrected chi connectivity index (χ4v) is 4.20. The quantitative estimate of drug-likeness (QED) is 0.803. The maximum absolute atomic E-state index is 13.0. The molecule has 3 heterocycles. The Morgan fingerprint density at radius 1 is 1.14 bits per heavy atom. The summed E-state index contributed by atoms with van der Waals surface area (Å²) >= 11 is 0. The van der Waals surface area contributed by atoms with E-state index in [4.69, 9.17) is 4.74 Å². The van der Waals surface area contributed by atoms with Gasteiger partial charge in [-0.05, 0) is 5.92 Å². The lowest BCUT2D eigenvalue weighted by Crippen LogP contribution is -2.41. The van der Waals surface area contributed by atoms with Gasteiger partial charge in [0.1, 0.15) is 12.4 Å². The lowest BCUT2D eigenvalue weighted by Gasteiger charge is -2.30. The van der Waals surface area contributed by atoms with Gasteiger partial charge in [0.05, 0.1) is 13.2 Å². The van der Waals surface area contributed by atoms with Crippen LogP contribution in [0.2, 0.25) is 0 Å². The van der Waals surface area contributed by atoms with Gasteiger partial charge in [-0.25, -0.2) is 4.98 Å². The Kier molecular flexibility index (Phi) is 6.04. The van der Waals surface area contributed by atoms with E-state index in [1.54, 1.807) is 6.20 Å². The third-order valence-electron chi connectivity index (χ3n) is 5.81. The summed E-state index contributed by atoms with van der Waals surface area (Å²) in [6, 6.07) is 9.91. The Morgan fingerprint density at radius 3 is 2.64 bits per heavy atom. The number of imidazole rings is 1. The van der Waals surface area contributed by atoms with E-state index in [-0.39, 0.29) is 25.0 Å². The molecule has 2 aliphatic heterocycles. The Hall–Kier alpha value is -2.22. The summed E-state index contributed by atoms with van der Waals surface area (Å²) in [5, 5.41) is 9.82. The number of carbonyl (C=O) groups excluding carboxylic acids is 1. The Labute approximate surface area is 165 Å². The molecule has 2 aromatic rings. The second-order valence-corrected chi connectivity index (χ2v) is 7.66. The number of rotatable bonds is 6.